The monoisotopic (exact) mass is 449 g/mol. The van der Waals surface area contributed by atoms with E-state index in [-0.39, 0.29) is 31.4 Å². The van der Waals surface area contributed by atoms with Crippen molar-refractivity contribution in [1.29, 1.82) is 0 Å². The van der Waals surface area contributed by atoms with Crippen LogP contribution < -0.4 is 4.57 Å². The fourth-order valence-electron chi connectivity index (χ4n) is 4.76. The van der Waals surface area contributed by atoms with Gasteiger partial charge in [-0.15, -0.1) is 0 Å². The second-order valence-corrected chi connectivity index (χ2v) is 9.03. The van der Waals surface area contributed by atoms with Gasteiger partial charge in [-0.25, -0.2) is 9.69 Å². The minimum absolute atomic E-state index is 0.0131. The van der Waals surface area contributed by atoms with Gasteiger partial charge in [0.15, 0.2) is 11.9 Å². The van der Waals surface area contributed by atoms with Crippen LogP contribution in [0.25, 0.3) is 0 Å². The third-order valence-corrected chi connectivity index (χ3v) is 6.58. The number of ketones is 1. The van der Waals surface area contributed by atoms with Crippen molar-refractivity contribution in [3.63, 3.8) is 0 Å². The largest absolute Gasteiger partial charge is 0.447 e. The van der Waals surface area contributed by atoms with Crippen LogP contribution in [0.4, 0.5) is 4.79 Å². The van der Waals surface area contributed by atoms with Gasteiger partial charge in [0.25, 0.3) is 5.91 Å². The van der Waals surface area contributed by atoms with E-state index in [0.717, 1.165) is 43.4 Å². The number of hydrogen-bond acceptors (Lipinski definition) is 4. The van der Waals surface area contributed by atoms with Crippen molar-refractivity contribution in [1.82, 2.24) is 4.90 Å². The molecule has 6 heteroatoms. The van der Waals surface area contributed by atoms with Gasteiger partial charge in [0.2, 0.25) is 12.3 Å². The molecule has 1 aliphatic carbocycles. The van der Waals surface area contributed by atoms with Crippen molar-refractivity contribution in [2.45, 2.75) is 70.8 Å². The molecule has 0 radical (unpaired) electrons. The SMILES string of the molecule is O=C(C[n+]1cc2cc(C(=O)N3CCOC3=O)c1CCCCCCCCCC2)c1ccccc1. The molecular weight excluding hydrogens is 416 g/mol. The topological polar surface area (TPSA) is 67.6 Å². The van der Waals surface area contributed by atoms with Crippen LogP contribution in [0.2, 0.25) is 0 Å². The first kappa shape index (κ1) is 23.1. The van der Waals surface area contributed by atoms with Crippen LogP contribution in [0, 0.1) is 0 Å². The van der Waals surface area contributed by atoms with Crippen molar-refractivity contribution >= 4 is 17.8 Å². The molecule has 5 rings (SSSR count). The van der Waals surface area contributed by atoms with Crippen molar-refractivity contribution in [2.75, 3.05) is 13.2 Å². The Kier molecular flexibility index (Phi) is 7.87. The third-order valence-electron chi connectivity index (χ3n) is 6.58. The summed E-state index contributed by atoms with van der Waals surface area (Å²) in [4.78, 5) is 39.8. The predicted molar refractivity (Wildman–Crippen MR) is 124 cm³/mol. The molecule has 174 valence electrons. The average Bonchev–Trinajstić information content (AvgIpc) is 3.26. The van der Waals surface area contributed by atoms with Crippen molar-refractivity contribution < 1.29 is 23.7 Å². The van der Waals surface area contributed by atoms with Crippen molar-refractivity contribution in [2.24, 2.45) is 0 Å². The number of rotatable bonds is 4. The molecule has 6 nitrogen and oxygen atoms in total. The summed E-state index contributed by atoms with van der Waals surface area (Å²) >= 11 is 0. The normalized spacial score (nSPS) is 17.5. The van der Waals surface area contributed by atoms with E-state index in [4.69, 9.17) is 4.74 Å². The number of Topliss-reactive ketones (excluding diaryl/α,β-unsaturated/α-hetero) is 1. The quantitative estimate of drug-likeness (QED) is 0.503. The number of hydrogen-bond donors (Lipinski definition) is 0. The van der Waals surface area contributed by atoms with Gasteiger partial charge >= 0.3 is 6.09 Å². The molecule has 2 aromatic rings. The summed E-state index contributed by atoms with van der Waals surface area (Å²) < 4.78 is 6.99. The molecule has 0 unspecified atom stereocenters. The van der Waals surface area contributed by atoms with Gasteiger partial charge in [0.05, 0.1) is 6.54 Å². The van der Waals surface area contributed by atoms with E-state index in [1.165, 1.54) is 30.6 Å². The van der Waals surface area contributed by atoms with E-state index in [1.54, 1.807) is 0 Å². The molecule has 33 heavy (non-hydrogen) atoms. The highest BCUT2D eigenvalue weighted by atomic mass is 16.6. The number of aryl methyl sites for hydroxylation is 1. The van der Waals surface area contributed by atoms with Crippen LogP contribution in [-0.2, 0) is 24.1 Å². The highest BCUT2D eigenvalue weighted by Gasteiger charge is 2.34. The van der Waals surface area contributed by atoms with Crippen LogP contribution in [0.5, 0.6) is 0 Å². The van der Waals surface area contributed by atoms with Crippen LogP contribution in [0.15, 0.2) is 42.6 Å². The number of imide groups is 1. The summed E-state index contributed by atoms with van der Waals surface area (Å²) in [5, 5.41) is 0. The van der Waals surface area contributed by atoms with Crippen molar-refractivity contribution in [3.05, 3.63) is 65.0 Å². The first-order chi connectivity index (χ1) is 16.1. The number of pyridine rings is 1. The summed E-state index contributed by atoms with van der Waals surface area (Å²) in [6.07, 6.45) is 12.2. The standard InChI is InChI=1S/C27H33N2O4/c30-25(22-13-9-7-10-14-22)20-28-19-21-12-8-5-3-1-2-4-6-11-15-24(28)23(18-21)26(31)29-16-17-33-27(29)32/h7,9-10,13-14,18-19H,1-6,8,11-12,15-17,20H2/q+1. The highest BCUT2D eigenvalue weighted by Crippen LogP contribution is 2.20. The molecule has 0 saturated carbocycles. The maximum atomic E-state index is 13.4. The summed E-state index contributed by atoms with van der Waals surface area (Å²) in [5.41, 5.74) is 3.06. The fraction of sp³-hybridized carbons (Fsp3) is 0.481. The maximum absolute atomic E-state index is 13.4. The van der Waals surface area contributed by atoms with E-state index in [0.29, 0.717) is 17.5 Å². The Morgan fingerprint density at radius 1 is 0.909 bits per heavy atom. The Labute approximate surface area is 195 Å². The molecular formula is C27H33N2O4+. The Balaban J connectivity index is 1.72. The summed E-state index contributed by atoms with van der Waals surface area (Å²) in [7, 11) is 0. The van der Waals surface area contributed by atoms with E-state index in [2.05, 4.69) is 0 Å². The van der Waals surface area contributed by atoms with Gasteiger partial charge < -0.3 is 4.74 Å². The molecule has 3 heterocycles. The lowest BCUT2D eigenvalue weighted by Gasteiger charge is -2.16. The molecule has 2 aliphatic heterocycles. The van der Waals surface area contributed by atoms with E-state index >= 15 is 0 Å². The highest BCUT2D eigenvalue weighted by molar-refractivity contribution is 6.04. The number of benzene rings is 1. The summed E-state index contributed by atoms with van der Waals surface area (Å²) in [6.45, 7) is 0.675. The van der Waals surface area contributed by atoms with Crippen LogP contribution >= 0.6 is 0 Å². The number of carbonyl (C=O) groups is 3. The van der Waals surface area contributed by atoms with E-state index < -0.39 is 6.09 Å². The number of aromatic nitrogens is 1. The number of ether oxygens (including phenoxy) is 1. The smallest absolute Gasteiger partial charge is 0.416 e. The lowest BCUT2D eigenvalue weighted by molar-refractivity contribution is -0.691. The van der Waals surface area contributed by atoms with Gasteiger partial charge in [0.1, 0.15) is 12.2 Å². The minimum atomic E-state index is -0.585. The molecule has 1 saturated heterocycles. The lowest BCUT2D eigenvalue weighted by Crippen LogP contribution is -2.45. The molecule has 1 aromatic carbocycles. The third kappa shape index (κ3) is 5.86. The first-order valence-electron chi connectivity index (χ1n) is 12.3. The lowest BCUT2D eigenvalue weighted by atomic mass is 9.98. The van der Waals surface area contributed by atoms with Gasteiger partial charge in [-0.1, -0.05) is 68.9 Å². The van der Waals surface area contributed by atoms with Gasteiger partial charge in [-0.05, 0) is 25.3 Å². The molecule has 0 spiro atoms. The Morgan fingerprint density at radius 3 is 2.24 bits per heavy atom. The van der Waals surface area contributed by atoms with Gasteiger partial charge in [-0.3, -0.25) is 9.59 Å². The Bertz CT molecular complexity index is 1000. The summed E-state index contributed by atoms with van der Waals surface area (Å²) in [5.74, 6) is -0.304. The zero-order chi connectivity index (χ0) is 23.0. The molecule has 1 fully saturated rings. The van der Waals surface area contributed by atoms with Crippen LogP contribution in [-0.4, -0.2) is 35.8 Å². The molecule has 2 bridgehead atoms. The maximum Gasteiger partial charge on any atom is 0.416 e. The van der Waals surface area contributed by atoms with Gasteiger partial charge in [-0.2, -0.15) is 4.57 Å². The predicted octanol–water partition coefficient (Wildman–Crippen LogP) is 4.67. The number of nitrogens with zero attached hydrogens (tertiary/aromatic N) is 2. The zero-order valence-electron chi connectivity index (χ0n) is 19.3. The zero-order valence-corrected chi connectivity index (χ0v) is 19.3. The number of carbonyl (C=O) groups excluding carboxylic acids is 3. The molecule has 0 N–H and O–H groups in total. The fourth-order valence-corrected chi connectivity index (χ4v) is 4.76. The molecule has 0 atom stereocenters. The van der Waals surface area contributed by atoms with E-state index in [9.17, 15) is 14.4 Å². The average molecular weight is 450 g/mol. The van der Waals surface area contributed by atoms with E-state index in [1.807, 2.05) is 47.2 Å². The first-order valence-corrected chi connectivity index (χ1v) is 12.3. The Hall–Kier alpha value is -3.02. The Morgan fingerprint density at radius 2 is 1.58 bits per heavy atom. The number of cyclic esters (lactones) is 1. The van der Waals surface area contributed by atoms with Crippen molar-refractivity contribution in [3.8, 4) is 0 Å². The summed E-state index contributed by atoms with van der Waals surface area (Å²) in [6, 6.07) is 11.2. The number of amides is 2. The second kappa shape index (κ2) is 11.2. The molecule has 3 aliphatic rings. The second-order valence-electron chi connectivity index (χ2n) is 9.03. The van der Waals surface area contributed by atoms with Gasteiger partial charge in [0, 0.05) is 17.5 Å². The number of fused-ring (bicyclic) bond motifs is 11. The van der Waals surface area contributed by atoms with Crippen LogP contribution in [0.3, 0.4) is 0 Å². The van der Waals surface area contributed by atoms with Crippen LogP contribution in [0.1, 0.15) is 83.3 Å². The molecule has 2 amide bonds. The minimum Gasteiger partial charge on any atom is -0.447 e. The molecule has 1 aromatic heterocycles.